The van der Waals surface area contributed by atoms with Gasteiger partial charge in [-0.1, -0.05) is 29.8 Å². The van der Waals surface area contributed by atoms with Gasteiger partial charge in [0.15, 0.2) is 0 Å². The van der Waals surface area contributed by atoms with Gasteiger partial charge in [0, 0.05) is 25.6 Å². The first-order chi connectivity index (χ1) is 9.72. The van der Waals surface area contributed by atoms with E-state index < -0.39 is 0 Å². The van der Waals surface area contributed by atoms with Gasteiger partial charge in [0.05, 0.1) is 0 Å². The number of carbonyl (C=O) groups excluding carboxylic acids is 1. The number of piperidine rings is 1. The topological polar surface area (TPSA) is 32.3 Å². The highest BCUT2D eigenvalue weighted by Gasteiger charge is 2.35. The molecule has 2 heterocycles. The van der Waals surface area contributed by atoms with Crippen LogP contribution in [0.4, 0.5) is 0 Å². The average molecular weight is 272 g/mol. The average Bonchev–Trinajstić information content (AvgIpc) is 2.90. The van der Waals surface area contributed by atoms with Crippen molar-refractivity contribution in [2.75, 3.05) is 19.6 Å². The van der Waals surface area contributed by atoms with Crippen LogP contribution in [0.3, 0.4) is 0 Å². The van der Waals surface area contributed by atoms with Gasteiger partial charge in [-0.15, -0.1) is 0 Å². The maximum absolute atomic E-state index is 12.3. The number of rotatable bonds is 3. The number of hydrogen-bond acceptors (Lipinski definition) is 2. The first-order valence-corrected chi connectivity index (χ1v) is 7.79. The van der Waals surface area contributed by atoms with Crippen molar-refractivity contribution in [1.29, 1.82) is 0 Å². The minimum Gasteiger partial charge on any atom is -0.341 e. The summed E-state index contributed by atoms with van der Waals surface area (Å²) in [6.45, 7) is 5.09. The predicted molar refractivity (Wildman–Crippen MR) is 80.6 cm³/mol. The zero-order valence-corrected chi connectivity index (χ0v) is 12.3. The molecule has 1 aromatic rings. The summed E-state index contributed by atoms with van der Waals surface area (Å²) in [4.78, 5) is 14.4. The lowest BCUT2D eigenvalue weighted by atomic mass is 9.94. The highest BCUT2D eigenvalue weighted by atomic mass is 16.2. The maximum atomic E-state index is 12.3. The summed E-state index contributed by atoms with van der Waals surface area (Å²) in [6, 6.07) is 9.05. The van der Waals surface area contributed by atoms with Gasteiger partial charge in [-0.2, -0.15) is 0 Å². The van der Waals surface area contributed by atoms with Crippen molar-refractivity contribution in [2.45, 2.75) is 38.6 Å². The second kappa shape index (κ2) is 5.96. The third-order valence-electron chi connectivity index (χ3n) is 4.70. The van der Waals surface area contributed by atoms with E-state index in [4.69, 9.17) is 0 Å². The molecular weight excluding hydrogens is 248 g/mol. The molecule has 0 bridgehead atoms. The highest BCUT2D eigenvalue weighted by Crippen LogP contribution is 2.25. The number of nitrogens with one attached hydrogen (secondary N) is 1. The Kier molecular flexibility index (Phi) is 4.06. The fourth-order valence-electron chi connectivity index (χ4n) is 3.41. The van der Waals surface area contributed by atoms with E-state index in [2.05, 4.69) is 41.4 Å². The molecule has 0 aliphatic carbocycles. The van der Waals surface area contributed by atoms with E-state index in [1.165, 1.54) is 24.0 Å². The molecule has 3 rings (SSSR count). The van der Waals surface area contributed by atoms with E-state index in [9.17, 15) is 4.79 Å². The van der Waals surface area contributed by atoms with Gasteiger partial charge in [0.25, 0.3) is 0 Å². The van der Waals surface area contributed by atoms with E-state index in [-0.39, 0.29) is 0 Å². The van der Waals surface area contributed by atoms with E-state index in [1.54, 1.807) is 0 Å². The van der Waals surface area contributed by atoms with Crippen molar-refractivity contribution in [1.82, 2.24) is 10.2 Å². The quantitative estimate of drug-likeness (QED) is 0.914. The van der Waals surface area contributed by atoms with Crippen LogP contribution in [0.5, 0.6) is 0 Å². The molecule has 0 radical (unpaired) electrons. The van der Waals surface area contributed by atoms with Gasteiger partial charge in [-0.05, 0) is 44.2 Å². The zero-order valence-electron chi connectivity index (χ0n) is 12.3. The molecule has 3 heteroatoms. The van der Waals surface area contributed by atoms with Crippen LogP contribution >= 0.6 is 0 Å². The summed E-state index contributed by atoms with van der Waals surface area (Å²) in [5, 5.41) is 3.55. The molecule has 2 unspecified atom stereocenters. The standard InChI is InChI=1S/C17H24N2O/c1-13-4-6-14(7-5-13)8-9-17(20)19-11-15-3-2-10-18-16(15)12-19/h4-7,15-16,18H,2-3,8-12H2,1H3. The molecule has 2 fully saturated rings. The number of benzene rings is 1. The van der Waals surface area contributed by atoms with Crippen molar-refractivity contribution < 1.29 is 4.79 Å². The minimum absolute atomic E-state index is 0.321. The first-order valence-electron chi connectivity index (χ1n) is 7.79. The summed E-state index contributed by atoms with van der Waals surface area (Å²) < 4.78 is 0. The van der Waals surface area contributed by atoms with E-state index >= 15 is 0 Å². The van der Waals surface area contributed by atoms with E-state index in [0.717, 1.165) is 26.1 Å². The number of aryl methyl sites for hydroxylation is 2. The Bertz CT molecular complexity index is 454. The molecule has 0 aromatic heterocycles. The van der Waals surface area contributed by atoms with E-state index in [0.29, 0.717) is 24.3 Å². The molecule has 3 nitrogen and oxygen atoms in total. The summed E-state index contributed by atoms with van der Waals surface area (Å²) in [5.74, 6) is 1.01. The molecule has 108 valence electrons. The third kappa shape index (κ3) is 3.04. The zero-order chi connectivity index (χ0) is 13.9. The Hall–Kier alpha value is -1.35. The Balaban J connectivity index is 1.51. The summed E-state index contributed by atoms with van der Waals surface area (Å²) in [6.07, 6.45) is 4.03. The summed E-state index contributed by atoms with van der Waals surface area (Å²) in [5.41, 5.74) is 2.54. The van der Waals surface area contributed by atoms with E-state index in [1.807, 2.05) is 0 Å². The van der Waals surface area contributed by atoms with Crippen LogP contribution in [0, 0.1) is 12.8 Å². The van der Waals surface area contributed by atoms with Crippen molar-refractivity contribution in [3.63, 3.8) is 0 Å². The molecule has 1 aromatic carbocycles. The molecule has 0 spiro atoms. The van der Waals surface area contributed by atoms with Crippen molar-refractivity contribution in [3.05, 3.63) is 35.4 Å². The smallest absolute Gasteiger partial charge is 0.222 e. The Morgan fingerprint density at radius 1 is 1.30 bits per heavy atom. The molecule has 0 saturated carbocycles. The normalized spacial score (nSPS) is 25.6. The molecule has 2 aliphatic rings. The lowest BCUT2D eigenvalue weighted by Crippen LogP contribution is -2.41. The van der Waals surface area contributed by atoms with Gasteiger partial charge in [-0.25, -0.2) is 0 Å². The highest BCUT2D eigenvalue weighted by molar-refractivity contribution is 5.76. The SMILES string of the molecule is Cc1ccc(CCC(=O)N2CC3CCCNC3C2)cc1. The minimum atomic E-state index is 0.321. The van der Waals surface area contributed by atoms with Crippen LogP contribution in [0.1, 0.15) is 30.4 Å². The van der Waals surface area contributed by atoms with Gasteiger partial charge in [-0.3, -0.25) is 4.79 Å². The molecular formula is C17H24N2O. The van der Waals surface area contributed by atoms with Crippen LogP contribution in [-0.4, -0.2) is 36.5 Å². The first kappa shape index (κ1) is 13.6. The number of carbonyl (C=O) groups is 1. The number of hydrogen-bond donors (Lipinski definition) is 1. The third-order valence-corrected chi connectivity index (χ3v) is 4.70. The monoisotopic (exact) mass is 272 g/mol. The van der Waals surface area contributed by atoms with Crippen LogP contribution in [0.25, 0.3) is 0 Å². The van der Waals surface area contributed by atoms with Crippen LogP contribution < -0.4 is 5.32 Å². The maximum Gasteiger partial charge on any atom is 0.222 e. The number of likely N-dealkylation sites (tertiary alicyclic amines) is 1. The van der Waals surface area contributed by atoms with Gasteiger partial charge in [0.1, 0.15) is 0 Å². The lowest BCUT2D eigenvalue weighted by molar-refractivity contribution is -0.130. The predicted octanol–water partition coefficient (Wildman–Crippen LogP) is 2.14. The van der Waals surface area contributed by atoms with Crippen LogP contribution in [0.2, 0.25) is 0 Å². The number of fused-ring (bicyclic) bond motifs is 1. The van der Waals surface area contributed by atoms with Gasteiger partial charge in [0.2, 0.25) is 5.91 Å². The molecule has 2 saturated heterocycles. The Morgan fingerprint density at radius 3 is 2.85 bits per heavy atom. The molecule has 2 aliphatic heterocycles. The molecule has 1 N–H and O–H groups in total. The summed E-state index contributed by atoms with van der Waals surface area (Å²) in [7, 11) is 0. The lowest BCUT2D eigenvalue weighted by Gasteiger charge is -2.24. The van der Waals surface area contributed by atoms with Crippen molar-refractivity contribution in [3.8, 4) is 0 Å². The van der Waals surface area contributed by atoms with Gasteiger partial charge >= 0.3 is 0 Å². The largest absolute Gasteiger partial charge is 0.341 e. The van der Waals surface area contributed by atoms with Gasteiger partial charge < -0.3 is 10.2 Å². The van der Waals surface area contributed by atoms with Crippen molar-refractivity contribution >= 4 is 5.91 Å². The van der Waals surface area contributed by atoms with Crippen LogP contribution in [-0.2, 0) is 11.2 Å². The molecule has 1 amide bonds. The fourth-order valence-corrected chi connectivity index (χ4v) is 3.41. The fraction of sp³-hybridized carbons (Fsp3) is 0.588. The Morgan fingerprint density at radius 2 is 2.10 bits per heavy atom. The molecule has 20 heavy (non-hydrogen) atoms. The second-order valence-corrected chi connectivity index (χ2v) is 6.25. The Labute approximate surface area is 121 Å². The second-order valence-electron chi connectivity index (χ2n) is 6.25. The van der Waals surface area contributed by atoms with Crippen LogP contribution in [0.15, 0.2) is 24.3 Å². The number of nitrogens with zero attached hydrogens (tertiary/aromatic N) is 1. The van der Waals surface area contributed by atoms with Crippen molar-refractivity contribution in [2.24, 2.45) is 5.92 Å². The molecule has 2 atom stereocenters. The summed E-state index contributed by atoms with van der Waals surface area (Å²) >= 11 is 0. The number of amides is 1.